The summed E-state index contributed by atoms with van der Waals surface area (Å²) in [6.07, 6.45) is 3.13. The van der Waals surface area contributed by atoms with E-state index in [4.69, 9.17) is 4.74 Å². The number of benzene rings is 1. The number of carbonyl (C=O) groups excluding carboxylic acids is 3. The monoisotopic (exact) mass is 747 g/mol. The largest absolute Gasteiger partial charge is 0.444 e. The topological polar surface area (TPSA) is 163 Å². The summed E-state index contributed by atoms with van der Waals surface area (Å²) < 4.78 is 29.3. The third-order valence-electron chi connectivity index (χ3n) is 8.41. The first kappa shape index (κ1) is 39.2. The number of sulfone groups is 1. The van der Waals surface area contributed by atoms with Gasteiger partial charge in [-0.3, -0.25) is 9.78 Å². The number of amides is 4. The molecule has 16 heteroatoms. The number of alkyl carbamates (subject to hydrolysis) is 1. The second-order valence-corrected chi connectivity index (χ2v) is 17.2. The van der Waals surface area contributed by atoms with Crippen LogP contribution in [-0.2, 0) is 38.9 Å². The van der Waals surface area contributed by atoms with E-state index in [0.29, 0.717) is 51.9 Å². The van der Waals surface area contributed by atoms with Crippen LogP contribution in [-0.4, -0.2) is 103 Å². The van der Waals surface area contributed by atoms with Crippen molar-refractivity contribution in [1.82, 2.24) is 35.7 Å². The molecule has 0 saturated carbocycles. The molecule has 1 fully saturated rings. The highest BCUT2D eigenvalue weighted by Gasteiger charge is 2.28. The Morgan fingerprint density at radius 3 is 2.40 bits per heavy atom. The number of ether oxygens (including phenoxy) is 1. The molecule has 13 nitrogen and oxygen atoms in total. The van der Waals surface area contributed by atoms with Gasteiger partial charge in [-0.15, -0.1) is 22.7 Å². The maximum atomic E-state index is 14.0. The Hall–Kier alpha value is -3.60. The lowest BCUT2D eigenvalue weighted by atomic mass is 9.99. The molecule has 3 heterocycles. The Labute approximate surface area is 303 Å². The molecule has 0 spiro atoms. The minimum absolute atomic E-state index is 0.0785. The number of nitrogens with zero attached hydrogens (tertiary/aromatic N) is 4. The number of aromatic nitrogens is 2. The quantitative estimate of drug-likeness (QED) is 0.184. The number of urea groups is 1. The van der Waals surface area contributed by atoms with Gasteiger partial charge in [0.1, 0.15) is 12.6 Å². The minimum Gasteiger partial charge on any atom is -0.444 e. The van der Waals surface area contributed by atoms with Crippen molar-refractivity contribution in [1.29, 1.82) is 0 Å². The van der Waals surface area contributed by atoms with E-state index in [1.807, 2.05) is 47.5 Å². The molecule has 1 aliphatic heterocycles. The summed E-state index contributed by atoms with van der Waals surface area (Å²) in [6.45, 7) is 7.70. The van der Waals surface area contributed by atoms with Crippen molar-refractivity contribution in [2.75, 3.05) is 38.2 Å². The van der Waals surface area contributed by atoms with Gasteiger partial charge in [-0.2, -0.15) is 0 Å². The highest BCUT2D eigenvalue weighted by Crippen LogP contribution is 2.20. The molecular formula is C34H49N7O6S3. The summed E-state index contributed by atoms with van der Waals surface area (Å²) in [5.41, 5.74) is 3.51. The van der Waals surface area contributed by atoms with Crippen molar-refractivity contribution in [2.45, 2.75) is 83.6 Å². The van der Waals surface area contributed by atoms with Crippen LogP contribution in [0.4, 0.5) is 9.59 Å². The summed E-state index contributed by atoms with van der Waals surface area (Å²) in [4.78, 5) is 52.8. The molecule has 0 radical (unpaired) electrons. The lowest BCUT2D eigenvalue weighted by Crippen LogP contribution is -2.54. The average Bonchev–Trinajstić information content (AvgIpc) is 3.78. The van der Waals surface area contributed by atoms with Gasteiger partial charge in [-0.05, 0) is 38.2 Å². The second kappa shape index (κ2) is 19.1. The van der Waals surface area contributed by atoms with Gasteiger partial charge in [-0.1, -0.05) is 44.2 Å². The molecule has 1 aliphatic rings. The first-order valence-corrected chi connectivity index (χ1v) is 20.5. The third kappa shape index (κ3) is 13.3. The molecule has 3 N–H and O–H groups in total. The van der Waals surface area contributed by atoms with E-state index in [1.165, 1.54) is 16.2 Å². The third-order valence-corrected chi connectivity index (χ3v) is 12.0. The van der Waals surface area contributed by atoms with Crippen LogP contribution in [0.3, 0.4) is 0 Å². The Bertz CT molecular complexity index is 1600. The van der Waals surface area contributed by atoms with Crippen molar-refractivity contribution < 1.29 is 27.5 Å². The molecule has 0 unspecified atom stereocenters. The molecule has 1 aromatic carbocycles. The lowest BCUT2D eigenvalue weighted by molar-refractivity contribution is -0.124. The highest BCUT2D eigenvalue weighted by molar-refractivity contribution is 7.91. The van der Waals surface area contributed by atoms with Crippen LogP contribution in [0, 0.1) is 0 Å². The van der Waals surface area contributed by atoms with Crippen molar-refractivity contribution in [3.8, 4) is 0 Å². The van der Waals surface area contributed by atoms with Crippen LogP contribution in [0.1, 0.15) is 67.1 Å². The van der Waals surface area contributed by atoms with Crippen LogP contribution in [0.5, 0.6) is 0 Å². The van der Waals surface area contributed by atoms with Crippen molar-refractivity contribution in [2.24, 2.45) is 0 Å². The minimum atomic E-state index is -3.05. The molecule has 4 amide bonds. The van der Waals surface area contributed by atoms with E-state index in [9.17, 15) is 22.8 Å². The standard InChI is InChI=1S/C34H49N7O6S3/c1-24(2)32-38-28(22-48-32)20-40(4)33(43)39-30(12-13-41-14-16-50(45,46)17-15-41)31(42)37-27(18-26-8-6-5-7-9-26)11-10-25(3)36-34(44)47-21-29-19-35-23-49-29/h5-9,19,22-25,27,30H,10-18,20-21H2,1-4H3,(H,36,44)(H,37,42)(H,39,43)/t25-,27+,30-/m0/s1. The molecule has 274 valence electrons. The molecule has 3 atom stereocenters. The molecule has 0 bridgehead atoms. The molecular weight excluding hydrogens is 699 g/mol. The van der Waals surface area contributed by atoms with Crippen molar-refractivity contribution >= 4 is 50.5 Å². The smallest absolute Gasteiger partial charge is 0.407 e. The Morgan fingerprint density at radius 2 is 1.74 bits per heavy atom. The average molecular weight is 748 g/mol. The van der Waals surface area contributed by atoms with Crippen LogP contribution < -0.4 is 16.0 Å². The van der Waals surface area contributed by atoms with E-state index in [0.717, 1.165) is 21.1 Å². The van der Waals surface area contributed by atoms with Crippen LogP contribution in [0.2, 0.25) is 0 Å². The Kier molecular flexibility index (Phi) is 15.0. The van der Waals surface area contributed by atoms with Gasteiger partial charge >= 0.3 is 12.1 Å². The van der Waals surface area contributed by atoms with E-state index >= 15 is 0 Å². The number of carbonyl (C=O) groups is 3. The summed E-state index contributed by atoms with van der Waals surface area (Å²) in [7, 11) is -1.38. The summed E-state index contributed by atoms with van der Waals surface area (Å²) in [6, 6.07) is 8.05. The molecule has 2 aromatic heterocycles. The number of nitrogens with one attached hydrogen (secondary N) is 3. The van der Waals surface area contributed by atoms with Crippen LogP contribution >= 0.6 is 22.7 Å². The van der Waals surface area contributed by atoms with E-state index < -0.39 is 28.0 Å². The zero-order chi connectivity index (χ0) is 36.1. The highest BCUT2D eigenvalue weighted by atomic mass is 32.2. The first-order chi connectivity index (χ1) is 23.9. The Morgan fingerprint density at radius 1 is 1.00 bits per heavy atom. The molecule has 50 heavy (non-hydrogen) atoms. The second-order valence-electron chi connectivity index (χ2n) is 13.0. The van der Waals surface area contributed by atoms with Gasteiger partial charge < -0.3 is 30.5 Å². The molecule has 1 saturated heterocycles. The van der Waals surface area contributed by atoms with E-state index in [1.54, 1.807) is 30.1 Å². The fourth-order valence-corrected chi connectivity index (χ4v) is 8.04. The van der Waals surface area contributed by atoms with Crippen LogP contribution in [0.25, 0.3) is 0 Å². The van der Waals surface area contributed by atoms with Gasteiger partial charge in [0, 0.05) is 56.3 Å². The maximum absolute atomic E-state index is 14.0. The predicted molar refractivity (Wildman–Crippen MR) is 196 cm³/mol. The lowest BCUT2D eigenvalue weighted by Gasteiger charge is -2.30. The van der Waals surface area contributed by atoms with E-state index in [-0.39, 0.29) is 42.0 Å². The van der Waals surface area contributed by atoms with Crippen molar-refractivity contribution in [3.05, 3.63) is 68.6 Å². The SMILES string of the molecule is CC(C)c1nc(CN(C)C(=O)N[C@@H](CCN2CCS(=O)(=O)CC2)C(=O)N[C@H](CC[C@H](C)NC(=O)OCc2cncs2)Cc2ccccc2)cs1. The maximum Gasteiger partial charge on any atom is 0.407 e. The van der Waals surface area contributed by atoms with Gasteiger partial charge in [0.15, 0.2) is 9.84 Å². The van der Waals surface area contributed by atoms with Crippen LogP contribution in [0.15, 0.2) is 47.4 Å². The fraction of sp³-hybridized carbons (Fsp3) is 0.559. The predicted octanol–water partition coefficient (Wildman–Crippen LogP) is 4.18. The number of thiazole rings is 2. The van der Waals surface area contributed by atoms with E-state index in [2.05, 4.69) is 39.8 Å². The zero-order valence-electron chi connectivity index (χ0n) is 29.2. The molecule has 3 aromatic rings. The van der Waals surface area contributed by atoms with Gasteiger partial charge in [0.2, 0.25) is 5.91 Å². The van der Waals surface area contributed by atoms with Gasteiger partial charge in [-0.25, -0.2) is 23.0 Å². The number of rotatable bonds is 17. The fourth-order valence-electron chi connectivity index (χ4n) is 5.43. The number of hydrogen-bond acceptors (Lipinski definition) is 11. The molecule has 0 aliphatic carbocycles. The summed E-state index contributed by atoms with van der Waals surface area (Å²) >= 11 is 2.97. The summed E-state index contributed by atoms with van der Waals surface area (Å²) in [5.74, 6) is 0.124. The van der Waals surface area contributed by atoms with Crippen molar-refractivity contribution in [3.63, 3.8) is 0 Å². The normalized spacial score (nSPS) is 16.3. The van der Waals surface area contributed by atoms with Gasteiger partial charge in [0.25, 0.3) is 0 Å². The van der Waals surface area contributed by atoms with Gasteiger partial charge in [0.05, 0.1) is 39.1 Å². The first-order valence-electron chi connectivity index (χ1n) is 16.9. The zero-order valence-corrected chi connectivity index (χ0v) is 31.6. The Balaban J connectivity index is 1.40. The molecule has 4 rings (SSSR count). The summed E-state index contributed by atoms with van der Waals surface area (Å²) in [5, 5.41) is 11.9. The number of hydrogen-bond donors (Lipinski definition) is 3.